The van der Waals surface area contributed by atoms with E-state index in [9.17, 15) is 5.11 Å². The third-order valence-corrected chi connectivity index (χ3v) is 17.2. The predicted octanol–water partition coefficient (Wildman–Crippen LogP) is 3.19. The van der Waals surface area contributed by atoms with Gasteiger partial charge in [0.05, 0.1) is 6.61 Å². The molecule has 21 heavy (non-hydrogen) atoms. The van der Waals surface area contributed by atoms with Crippen molar-refractivity contribution in [3.63, 3.8) is 0 Å². The molecule has 0 radical (unpaired) electrons. The smallest absolute Gasteiger partial charge is 0.186 e. The topological polar surface area (TPSA) is 41.5 Å². The number of aliphatic hydroxyl groups is 1. The second-order valence-corrected chi connectivity index (χ2v) is 19.6. The van der Waals surface area contributed by atoms with E-state index in [1.807, 2.05) is 7.05 Å². The molecule has 3 nitrogen and oxygen atoms in total. The first-order chi connectivity index (χ1) is 9.51. The van der Waals surface area contributed by atoms with Crippen LogP contribution in [0.15, 0.2) is 0 Å². The van der Waals surface area contributed by atoms with Gasteiger partial charge in [0.15, 0.2) is 8.32 Å². The zero-order chi connectivity index (χ0) is 16.8. The van der Waals surface area contributed by atoms with E-state index in [0.717, 1.165) is 18.0 Å². The highest BCUT2D eigenvalue weighted by Gasteiger charge is 2.41. The van der Waals surface area contributed by atoms with E-state index in [1.165, 1.54) is 0 Å². The van der Waals surface area contributed by atoms with Crippen LogP contribution in [-0.2, 0) is 4.43 Å². The maximum Gasteiger partial charge on any atom is 0.186 e. The third-order valence-electron chi connectivity index (χ3n) is 5.21. The first kappa shape index (κ1) is 21.5. The zero-order valence-corrected chi connectivity index (χ0v) is 19.1. The summed E-state index contributed by atoms with van der Waals surface area (Å²) in [4.78, 5) is 0. The van der Waals surface area contributed by atoms with Gasteiger partial charge in [0.2, 0.25) is 0 Å². The molecule has 0 heterocycles. The van der Waals surface area contributed by atoms with Crippen LogP contribution in [0, 0.1) is 0 Å². The highest BCUT2D eigenvalue weighted by Crippen LogP contribution is 2.32. The Balaban J connectivity index is 4.96. The molecule has 0 amide bonds. The Bertz CT molecular complexity index is 301. The Morgan fingerprint density at radius 2 is 1.71 bits per heavy atom. The highest BCUT2D eigenvalue weighted by atomic mass is 28.4. The van der Waals surface area contributed by atoms with Gasteiger partial charge in [-0.05, 0) is 37.3 Å². The van der Waals surface area contributed by atoms with Gasteiger partial charge in [-0.2, -0.15) is 0 Å². The first-order valence-corrected chi connectivity index (χ1v) is 17.5. The summed E-state index contributed by atoms with van der Waals surface area (Å²) in [7, 11) is -1.49. The fourth-order valence-corrected chi connectivity index (χ4v) is 13.0. The lowest BCUT2D eigenvalue weighted by Crippen LogP contribution is -2.56. The number of hydrogen-bond acceptors (Lipinski definition) is 3. The highest BCUT2D eigenvalue weighted by molar-refractivity contribution is 6.85. The molecule has 128 valence electrons. The van der Waals surface area contributed by atoms with Gasteiger partial charge in [0, 0.05) is 17.6 Å². The van der Waals surface area contributed by atoms with Crippen LogP contribution >= 0.6 is 0 Å². The third kappa shape index (κ3) is 6.27. The summed E-state index contributed by atoms with van der Waals surface area (Å²) in [5.41, 5.74) is -0.484. The fraction of sp³-hybridized carbons (Fsp3) is 1.00. The van der Waals surface area contributed by atoms with Gasteiger partial charge in [0.1, 0.15) is 5.72 Å². The van der Waals surface area contributed by atoms with Gasteiger partial charge < -0.3 is 9.53 Å². The zero-order valence-electron chi connectivity index (χ0n) is 15.8. The summed E-state index contributed by atoms with van der Waals surface area (Å²) in [6.07, 6.45) is 2.21. The minimum atomic E-state index is -1.72. The van der Waals surface area contributed by atoms with E-state index in [2.05, 4.69) is 58.4 Å². The van der Waals surface area contributed by atoms with Gasteiger partial charge >= 0.3 is 0 Å². The Kier molecular flexibility index (Phi) is 9.21. The molecular formula is C15H39NO2Si3. The molecule has 0 aromatic heterocycles. The quantitative estimate of drug-likeness (QED) is 0.470. The molecule has 3 unspecified atom stereocenters. The maximum atomic E-state index is 11.1. The Morgan fingerprint density at radius 1 is 1.19 bits per heavy atom. The van der Waals surface area contributed by atoms with Gasteiger partial charge in [-0.3, -0.25) is 5.32 Å². The molecule has 0 saturated carbocycles. The molecule has 0 aliphatic carbocycles. The molecule has 3 atom stereocenters. The maximum absolute atomic E-state index is 11.1. The van der Waals surface area contributed by atoms with Crippen molar-refractivity contribution >= 4 is 25.9 Å². The van der Waals surface area contributed by atoms with Gasteiger partial charge in [-0.1, -0.05) is 46.5 Å². The molecule has 0 rings (SSSR count). The largest absolute Gasteiger partial charge is 0.413 e. The molecule has 0 aromatic carbocycles. The van der Waals surface area contributed by atoms with E-state index in [4.69, 9.17) is 4.43 Å². The van der Waals surface area contributed by atoms with E-state index in [0.29, 0.717) is 12.1 Å². The van der Waals surface area contributed by atoms with Crippen molar-refractivity contribution in [1.82, 2.24) is 5.32 Å². The Labute approximate surface area is 137 Å². The van der Waals surface area contributed by atoms with E-state index in [1.54, 1.807) is 0 Å². The predicted molar refractivity (Wildman–Crippen MR) is 103 cm³/mol. The minimum absolute atomic E-state index is 0.365. The SMILES string of the molecule is CCCC([SiH](C)C)C(O)(CO[Si](C)(C)C(C)[SiH](C)C)NC. The van der Waals surface area contributed by atoms with Crippen LogP contribution in [0.4, 0.5) is 0 Å². The Hall–Kier alpha value is 0.531. The first-order valence-electron chi connectivity index (χ1n) is 8.57. The number of hydrogen-bond donors (Lipinski definition) is 2. The summed E-state index contributed by atoms with van der Waals surface area (Å²) in [5, 5.41) is 15.0. The molecule has 0 aliphatic rings. The summed E-state index contributed by atoms with van der Waals surface area (Å²) < 4.78 is 6.37. The van der Waals surface area contributed by atoms with E-state index >= 15 is 0 Å². The summed E-state index contributed by atoms with van der Waals surface area (Å²) in [5.74, 6) is 0. The molecule has 0 aliphatic heterocycles. The number of nitrogens with one attached hydrogen (secondary N) is 1. The van der Waals surface area contributed by atoms with Gasteiger partial charge in [0.25, 0.3) is 0 Å². The average Bonchev–Trinajstić information content (AvgIpc) is 2.40. The molecule has 0 saturated heterocycles. The van der Waals surface area contributed by atoms with Crippen LogP contribution in [0.25, 0.3) is 0 Å². The molecule has 6 heteroatoms. The molecule has 0 bridgehead atoms. The summed E-state index contributed by atoms with van der Waals surface area (Å²) >= 11 is 0. The van der Waals surface area contributed by atoms with Crippen LogP contribution in [0.2, 0.25) is 50.0 Å². The monoisotopic (exact) mass is 349 g/mol. The standard InChI is InChI=1S/C15H39NO2Si3/c1-10-11-14(20(6)7)15(17,16-3)12-18-21(8,9)13(2)19(4)5/h13-14,16-17,19-20H,10-12H2,1-9H3. The molecule has 0 fully saturated rings. The van der Waals surface area contributed by atoms with Crippen molar-refractivity contribution in [2.75, 3.05) is 13.7 Å². The Morgan fingerprint density at radius 3 is 2.05 bits per heavy atom. The van der Waals surface area contributed by atoms with Crippen LogP contribution in [-0.4, -0.2) is 50.4 Å². The fourth-order valence-electron chi connectivity index (χ4n) is 3.03. The summed E-state index contributed by atoms with van der Waals surface area (Å²) in [6.45, 7) is 19.1. The van der Waals surface area contributed by atoms with Crippen LogP contribution in [0.3, 0.4) is 0 Å². The normalized spacial score (nSPS) is 18.9. The van der Waals surface area contributed by atoms with Crippen LogP contribution < -0.4 is 5.32 Å². The van der Waals surface area contributed by atoms with E-state index in [-0.39, 0.29) is 0 Å². The van der Waals surface area contributed by atoms with Gasteiger partial charge in [-0.15, -0.1) is 0 Å². The van der Waals surface area contributed by atoms with Crippen molar-refractivity contribution in [1.29, 1.82) is 0 Å². The minimum Gasteiger partial charge on any atom is -0.413 e. The molecule has 0 aromatic rings. The van der Waals surface area contributed by atoms with Crippen molar-refractivity contribution in [2.24, 2.45) is 0 Å². The van der Waals surface area contributed by atoms with Crippen molar-refractivity contribution < 1.29 is 9.53 Å². The average molecular weight is 350 g/mol. The lowest BCUT2D eigenvalue weighted by Gasteiger charge is -2.41. The second-order valence-electron chi connectivity index (χ2n) is 7.74. The molecule has 0 spiro atoms. The second kappa shape index (κ2) is 8.98. The number of likely N-dealkylation sites (N-methyl/N-ethyl adjacent to an activating group) is 1. The number of rotatable bonds is 10. The van der Waals surface area contributed by atoms with Gasteiger partial charge in [-0.25, -0.2) is 0 Å². The molecular weight excluding hydrogens is 310 g/mol. The van der Waals surface area contributed by atoms with Crippen molar-refractivity contribution in [3.05, 3.63) is 0 Å². The van der Waals surface area contributed by atoms with Crippen molar-refractivity contribution in [3.8, 4) is 0 Å². The van der Waals surface area contributed by atoms with Crippen molar-refractivity contribution in [2.45, 2.75) is 82.4 Å². The van der Waals surface area contributed by atoms with E-state index < -0.39 is 31.6 Å². The van der Waals surface area contributed by atoms with Crippen LogP contribution in [0.1, 0.15) is 26.7 Å². The lowest BCUT2D eigenvalue weighted by atomic mass is 10.1. The lowest BCUT2D eigenvalue weighted by molar-refractivity contribution is -0.0400. The summed E-state index contributed by atoms with van der Waals surface area (Å²) in [6, 6.07) is 0. The molecule has 2 N–H and O–H groups in total. The van der Waals surface area contributed by atoms with Crippen LogP contribution in [0.5, 0.6) is 0 Å².